The van der Waals surface area contributed by atoms with E-state index in [-0.39, 0.29) is 23.4 Å². The van der Waals surface area contributed by atoms with Crippen molar-refractivity contribution < 1.29 is 40.7 Å². The number of piperazine rings is 1. The van der Waals surface area contributed by atoms with Crippen LogP contribution in [0.1, 0.15) is 35.3 Å². The highest BCUT2D eigenvalue weighted by Gasteiger charge is 2.37. The Bertz CT molecular complexity index is 1470. The first-order valence-corrected chi connectivity index (χ1v) is 13.6. The monoisotopic (exact) mass is 623 g/mol. The van der Waals surface area contributed by atoms with Gasteiger partial charge in [-0.25, -0.2) is 4.79 Å². The van der Waals surface area contributed by atoms with E-state index in [4.69, 9.17) is 4.74 Å². The Morgan fingerprint density at radius 3 is 1.84 bits per heavy atom. The van der Waals surface area contributed by atoms with Crippen molar-refractivity contribution in [3.05, 3.63) is 77.4 Å². The van der Waals surface area contributed by atoms with E-state index in [1.165, 1.54) is 12.1 Å². The van der Waals surface area contributed by atoms with Gasteiger partial charge in [-0.1, -0.05) is 12.1 Å². The van der Waals surface area contributed by atoms with Crippen molar-refractivity contribution in [2.45, 2.75) is 32.2 Å². The van der Waals surface area contributed by atoms with Crippen LogP contribution in [0, 0.1) is 0 Å². The number of ether oxygens (including phenoxy) is 1. The smallest absolute Gasteiger partial charge is 0.416 e. The molecule has 44 heavy (non-hydrogen) atoms. The Kier molecular flexibility index (Phi) is 9.50. The Balaban J connectivity index is 1.54. The fourth-order valence-electron chi connectivity index (χ4n) is 4.81. The molecule has 1 heterocycles. The standard InChI is InChI=1S/C30H31F6N5O3/c1-18(2)37-27(42)23-17-21(38-28(43)39-22-15-19(29(31,32)33)14-20(16-22)30(34,35)36)8-9-24(23)40-10-12-41(13-11-40)25-6-4-5-7-26(25)44-3/h4-9,14-18H,10-13H2,1-3H3,(H,37,42)(H2,38,39,43). The summed E-state index contributed by atoms with van der Waals surface area (Å²) in [5, 5.41) is 7.24. The van der Waals surface area contributed by atoms with E-state index >= 15 is 0 Å². The molecule has 14 heteroatoms. The van der Waals surface area contributed by atoms with E-state index in [2.05, 4.69) is 15.5 Å². The highest BCUT2D eigenvalue weighted by molar-refractivity contribution is 6.04. The number of amides is 3. The Hall–Kier alpha value is -4.62. The van der Waals surface area contributed by atoms with Gasteiger partial charge in [0.15, 0.2) is 0 Å². The summed E-state index contributed by atoms with van der Waals surface area (Å²) in [7, 11) is 1.60. The largest absolute Gasteiger partial charge is 0.495 e. The van der Waals surface area contributed by atoms with Gasteiger partial charge in [-0.05, 0) is 62.4 Å². The van der Waals surface area contributed by atoms with Crippen molar-refractivity contribution in [3.8, 4) is 5.75 Å². The van der Waals surface area contributed by atoms with Crippen LogP contribution < -0.4 is 30.5 Å². The number of nitrogens with one attached hydrogen (secondary N) is 3. The minimum absolute atomic E-state index is 0.0302. The van der Waals surface area contributed by atoms with Crippen molar-refractivity contribution in [1.29, 1.82) is 0 Å². The van der Waals surface area contributed by atoms with Gasteiger partial charge in [-0.15, -0.1) is 0 Å². The first kappa shape index (κ1) is 32.3. The maximum absolute atomic E-state index is 13.2. The zero-order chi connectivity index (χ0) is 32.2. The molecule has 3 amide bonds. The van der Waals surface area contributed by atoms with Crippen LogP contribution in [0.3, 0.4) is 0 Å². The molecule has 0 radical (unpaired) electrons. The van der Waals surface area contributed by atoms with Gasteiger partial charge in [0.1, 0.15) is 5.75 Å². The number of anilines is 4. The molecule has 3 N–H and O–H groups in total. The number of hydrogen-bond acceptors (Lipinski definition) is 5. The van der Waals surface area contributed by atoms with Crippen molar-refractivity contribution in [2.75, 3.05) is 53.7 Å². The summed E-state index contributed by atoms with van der Waals surface area (Å²) in [5.74, 6) is 0.324. The Morgan fingerprint density at radius 1 is 0.750 bits per heavy atom. The van der Waals surface area contributed by atoms with Gasteiger partial charge in [0.05, 0.1) is 29.5 Å². The molecular weight excluding hydrogens is 592 g/mol. The molecule has 0 atom stereocenters. The topological polar surface area (TPSA) is 85.9 Å². The van der Waals surface area contributed by atoms with Gasteiger partial charge in [-0.3, -0.25) is 4.79 Å². The molecule has 0 unspecified atom stereocenters. The molecule has 0 aromatic heterocycles. The third-order valence-corrected chi connectivity index (χ3v) is 6.81. The normalized spacial score (nSPS) is 14.0. The number of rotatable bonds is 7. The Morgan fingerprint density at radius 2 is 1.30 bits per heavy atom. The molecule has 0 aliphatic carbocycles. The predicted octanol–water partition coefficient (Wildman–Crippen LogP) is 6.84. The maximum Gasteiger partial charge on any atom is 0.416 e. The van der Waals surface area contributed by atoms with Gasteiger partial charge >= 0.3 is 18.4 Å². The quantitative estimate of drug-likeness (QED) is 0.251. The lowest BCUT2D eigenvalue weighted by Crippen LogP contribution is -2.47. The second kappa shape index (κ2) is 12.9. The van der Waals surface area contributed by atoms with Crippen LogP contribution in [-0.4, -0.2) is 51.3 Å². The number of methoxy groups -OCH3 is 1. The van der Waals surface area contributed by atoms with Crippen LogP contribution in [-0.2, 0) is 12.4 Å². The average molecular weight is 624 g/mol. The third-order valence-electron chi connectivity index (χ3n) is 6.81. The van der Waals surface area contributed by atoms with E-state index in [9.17, 15) is 35.9 Å². The molecule has 0 saturated carbocycles. The molecule has 0 spiro atoms. The number of carbonyl (C=O) groups excluding carboxylic acids is 2. The number of nitrogens with zero attached hydrogens (tertiary/aromatic N) is 2. The molecular formula is C30H31F6N5O3. The number of benzene rings is 3. The highest BCUT2D eigenvalue weighted by atomic mass is 19.4. The summed E-state index contributed by atoms with van der Waals surface area (Å²) in [5.41, 5.74) is -1.94. The fourth-order valence-corrected chi connectivity index (χ4v) is 4.81. The molecule has 1 fully saturated rings. The number of halogens is 6. The van der Waals surface area contributed by atoms with Gasteiger partial charge in [0, 0.05) is 49.3 Å². The van der Waals surface area contributed by atoms with Gasteiger partial charge in [-0.2, -0.15) is 26.3 Å². The molecule has 1 aliphatic heterocycles. The van der Waals surface area contributed by atoms with Crippen LogP contribution in [0.5, 0.6) is 5.75 Å². The maximum atomic E-state index is 13.2. The molecule has 1 aliphatic rings. The minimum Gasteiger partial charge on any atom is -0.495 e. The van der Waals surface area contributed by atoms with Crippen molar-refractivity contribution in [3.63, 3.8) is 0 Å². The molecule has 1 saturated heterocycles. The lowest BCUT2D eigenvalue weighted by molar-refractivity contribution is -0.143. The van der Waals surface area contributed by atoms with Crippen LogP contribution in [0.25, 0.3) is 0 Å². The van der Waals surface area contributed by atoms with Crippen LogP contribution in [0.15, 0.2) is 60.7 Å². The first-order chi connectivity index (χ1) is 20.7. The predicted molar refractivity (Wildman–Crippen MR) is 156 cm³/mol. The number of carbonyl (C=O) groups is 2. The van der Waals surface area contributed by atoms with Crippen molar-refractivity contribution >= 4 is 34.7 Å². The second-order valence-electron chi connectivity index (χ2n) is 10.4. The average Bonchev–Trinajstić information content (AvgIpc) is 2.95. The van der Waals surface area contributed by atoms with E-state index in [0.29, 0.717) is 44.0 Å². The number of urea groups is 1. The number of para-hydroxylation sites is 2. The van der Waals surface area contributed by atoms with E-state index in [0.717, 1.165) is 11.4 Å². The lowest BCUT2D eigenvalue weighted by Gasteiger charge is -2.38. The summed E-state index contributed by atoms with van der Waals surface area (Å²) in [4.78, 5) is 30.0. The zero-order valence-corrected chi connectivity index (χ0v) is 24.1. The molecule has 3 aromatic carbocycles. The molecule has 236 valence electrons. The second-order valence-corrected chi connectivity index (χ2v) is 10.4. The fraction of sp³-hybridized carbons (Fsp3) is 0.333. The summed E-state index contributed by atoms with van der Waals surface area (Å²) < 4.78 is 84.8. The zero-order valence-electron chi connectivity index (χ0n) is 24.1. The number of alkyl halides is 6. The third kappa shape index (κ3) is 7.85. The van der Waals surface area contributed by atoms with E-state index in [1.54, 1.807) is 27.0 Å². The lowest BCUT2D eigenvalue weighted by atomic mass is 10.1. The number of hydrogen-bond donors (Lipinski definition) is 3. The molecule has 8 nitrogen and oxygen atoms in total. The van der Waals surface area contributed by atoms with Crippen LogP contribution in [0.4, 0.5) is 53.9 Å². The molecule has 0 bridgehead atoms. The van der Waals surface area contributed by atoms with Crippen LogP contribution in [0.2, 0.25) is 0 Å². The van der Waals surface area contributed by atoms with Gasteiger partial charge in [0.2, 0.25) is 0 Å². The van der Waals surface area contributed by atoms with E-state index < -0.39 is 41.1 Å². The molecule has 4 rings (SSSR count). The summed E-state index contributed by atoms with van der Waals surface area (Å²) in [6.07, 6.45) is -10.1. The minimum atomic E-state index is -5.07. The van der Waals surface area contributed by atoms with Gasteiger partial charge in [0.25, 0.3) is 5.91 Å². The van der Waals surface area contributed by atoms with E-state index in [1.807, 2.05) is 34.5 Å². The van der Waals surface area contributed by atoms with Crippen molar-refractivity contribution in [1.82, 2.24) is 5.32 Å². The van der Waals surface area contributed by atoms with Crippen LogP contribution >= 0.6 is 0 Å². The summed E-state index contributed by atoms with van der Waals surface area (Å²) in [6, 6.07) is 11.7. The summed E-state index contributed by atoms with van der Waals surface area (Å²) >= 11 is 0. The highest BCUT2D eigenvalue weighted by Crippen LogP contribution is 2.38. The summed E-state index contributed by atoms with van der Waals surface area (Å²) in [6.45, 7) is 5.94. The molecule has 3 aromatic rings. The SMILES string of the molecule is COc1ccccc1N1CCN(c2ccc(NC(=O)Nc3cc(C(F)(F)F)cc(C(F)(F)F)c3)cc2C(=O)NC(C)C)CC1. The van der Waals surface area contributed by atoms with Gasteiger partial charge < -0.3 is 30.5 Å². The first-order valence-electron chi connectivity index (χ1n) is 13.6. The Labute approximate surface area is 250 Å². The van der Waals surface area contributed by atoms with Crippen molar-refractivity contribution in [2.24, 2.45) is 0 Å².